The number of ketones is 1. The van der Waals surface area contributed by atoms with Crippen LogP contribution in [0.5, 0.6) is 0 Å². The molecule has 0 fully saturated rings. The van der Waals surface area contributed by atoms with Crippen LogP contribution >= 0.6 is 0 Å². The molecule has 2 rings (SSSR count). The predicted octanol–water partition coefficient (Wildman–Crippen LogP) is 3.22. The molecule has 0 aromatic heterocycles. The van der Waals surface area contributed by atoms with E-state index in [0.717, 1.165) is 5.56 Å². The SMILES string of the molecule is O=C(CCCNC(CCC(=O)c1ccccc1)C(=O)O)OCc1ccccc1. The molecule has 28 heavy (non-hydrogen) atoms. The maximum absolute atomic E-state index is 12.1. The molecule has 0 saturated heterocycles. The number of esters is 1. The fourth-order valence-corrected chi connectivity index (χ4v) is 2.68. The number of ether oxygens (including phenoxy) is 1. The topological polar surface area (TPSA) is 92.7 Å². The van der Waals surface area contributed by atoms with Gasteiger partial charge in [0.15, 0.2) is 5.78 Å². The highest BCUT2D eigenvalue weighted by Crippen LogP contribution is 2.08. The van der Waals surface area contributed by atoms with Gasteiger partial charge in [0, 0.05) is 18.4 Å². The van der Waals surface area contributed by atoms with Gasteiger partial charge in [0.25, 0.3) is 0 Å². The summed E-state index contributed by atoms with van der Waals surface area (Å²) in [6.07, 6.45) is 1.01. The molecule has 1 atom stereocenters. The molecule has 0 aliphatic heterocycles. The van der Waals surface area contributed by atoms with Gasteiger partial charge in [-0.2, -0.15) is 0 Å². The number of nitrogens with one attached hydrogen (secondary N) is 1. The highest BCUT2D eigenvalue weighted by Gasteiger charge is 2.18. The van der Waals surface area contributed by atoms with Crippen LogP contribution < -0.4 is 5.32 Å². The Labute approximate surface area is 164 Å². The Morgan fingerprint density at radius 3 is 2.21 bits per heavy atom. The van der Waals surface area contributed by atoms with Crippen LogP contribution in [0, 0.1) is 0 Å². The summed E-state index contributed by atoms with van der Waals surface area (Å²) < 4.78 is 5.18. The van der Waals surface area contributed by atoms with Gasteiger partial charge in [-0.3, -0.25) is 14.4 Å². The van der Waals surface area contributed by atoms with Crippen molar-refractivity contribution in [3.05, 3.63) is 71.8 Å². The van der Waals surface area contributed by atoms with Crippen molar-refractivity contribution in [1.29, 1.82) is 0 Å². The number of benzene rings is 2. The lowest BCUT2D eigenvalue weighted by Gasteiger charge is -2.14. The largest absolute Gasteiger partial charge is 0.480 e. The summed E-state index contributed by atoms with van der Waals surface area (Å²) in [5.41, 5.74) is 1.50. The van der Waals surface area contributed by atoms with Crippen LogP contribution in [0.25, 0.3) is 0 Å². The Morgan fingerprint density at radius 1 is 0.929 bits per heavy atom. The first-order valence-electron chi connectivity index (χ1n) is 9.30. The van der Waals surface area contributed by atoms with Crippen molar-refractivity contribution in [2.24, 2.45) is 0 Å². The number of Topliss-reactive ketones (excluding diaryl/α,β-unsaturated/α-hetero) is 1. The van der Waals surface area contributed by atoms with E-state index in [0.29, 0.717) is 18.5 Å². The van der Waals surface area contributed by atoms with Crippen molar-refractivity contribution < 1.29 is 24.2 Å². The van der Waals surface area contributed by atoms with Crippen molar-refractivity contribution in [2.75, 3.05) is 6.54 Å². The number of carboxylic acids is 1. The van der Waals surface area contributed by atoms with Crippen LogP contribution in [0.1, 0.15) is 41.6 Å². The number of aliphatic carboxylic acids is 1. The smallest absolute Gasteiger partial charge is 0.320 e. The first-order chi connectivity index (χ1) is 13.6. The van der Waals surface area contributed by atoms with Crippen LogP contribution in [-0.2, 0) is 20.9 Å². The summed E-state index contributed by atoms with van der Waals surface area (Å²) in [5, 5.41) is 12.2. The van der Waals surface area contributed by atoms with Crippen LogP contribution in [0.15, 0.2) is 60.7 Å². The van der Waals surface area contributed by atoms with Gasteiger partial charge < -0.3 is 15.2 Å². The summed E-state index contributed by atoms with van der Waals surface area (Å²) in [5.74, 6) is -1.41. The van der Waals surface area contributed by atoms with E-state index in [9.17, 15) is 19.5 Å². The van der Waals surface area contributed by atoms with Crippen molar-refractivity contribution in [3.8, 4) is 0 Å². The number of carbonyl (C=O) groups excluding carboxylic acids is 2. The normalized spacial score (nSPS) is 11.6. The summed E-state index contributed by atoms with van der Waals surface area (Å²) in [6, 6.07) is 17.4. The minimum atomic E-state index is -1.01. The van der Waals surface area contributed by atoms with Gasteiger partial charge in [-0.1, -0.05) is 60.7 Å². The Hall–Kier alpha value is -2.99. The highest BCUT2D eigenvalue weighted by molar-refractivity contribution is 5.96. The third-order valence-corrected chi connectivity index (χ3v) is 4.24. The third kappa shape index (κ3) is 7.72. The summed E-state index contributed by atoms with van der Waals surface area (Å²) in [7, 11) is 0. The molecular weight excluding hydrogens is 358 g/mol. The Kier molecular flexibility index (Phi) is 8.88. The molecule has 0 aliphatic carbocycles. The fraction of sp³-hybridized carbons (Fsp3) is 0.318. The molecule has 0 amide bonds. The molecule has 0 heterocycles. The molecule has 2 aromatic rings. The lowest BCUT2D eigenvalue weighted by Crippen LogP contribution is -2.37. The molecule has 6 nitrogen and oxygen atoms in total. The lowest BCUT2D eigenvalue weighted by atomic mass is 10.0. The maximum atomic E-state index is 12.1. The maximum Gasteiger partial charge on any atom is 0.320 e. The van der Waals surface area contributed by atoms with Gasteiger partial charge in [0.05, 0.1) is 0 Å². The zero-order valence-electron chi connectivity index (χ0n) is 15.7. The van der Waals surface area contributed by atoms with E-state index in [1.807, 2.05) is 36.4 Å². The Morgan fingerprint density at radius 2 is 1.57 bits per heavy atom. The number of hydrogen-bond donors (Lipinski definition) is 2. The van der Waals surface area contributed by atoms with Crippen LogP contribution in [-0.4, -0.2) is 35.4 Å². The van der Waals surface area contributed by atoms with Crippen molar-refractivity contribution in [2.45, 2.75) is 38.3 Å². The molecule has 0 radical (unpaired) electrons. The second-order valence-electron chi connectivity index (χ2n) is 6.42. The molecule has 2 aromatic carbocycles. The predicted molar refractivity (Wildman–Crippen MR) is 105 cm³/mol. The van der Waals surface area contributed by atoms with E-state index < -0.39 is 12.0 Å². The Balaban J connectivity index is 1.65. The monoisotopic (exact) mass is 383 g/mol. The van der Waals surface area contributed by atoms with Gasteiger partial charge in [-0.05, 0) is 24.9 Å². The fourth-order valence-electron chi connectivity index (χ4n) is 2.68. The summed E-state index contributed by atoms with van der Waals surface area (Å²) in [4.78, 5) is 35.2. The highest BCUT2D eigenvalue weighted by atomic mass is 16.5. The molecule has 2 N–H and O–H groups in total. The van der Waals surface area contributed by atoms with E-state index in [-0.39, 0.29) is 37.6 Å². The summed E-state index contributed by atoms with van der Waals surface area (Å²) in [6.45, 7) is 0.587. The van der Waals surface area contributed by atoms with Crippen molar-refractivity contribution in [3.63, 3.8) is 0 Å². The van der Waals surface area contributed by atoms with Crippen molar-refractivity contribution in [1.82, 2.24) is 5.32 Å². The number of rotatable bonds is 12. The van der Waals surface area contributed by atoms with Crippen LogP contribution in [0.4, 0.5) is 0 Å². The first kappa shape index (κ1) is 21.3. The van der Waals surface area contributed by atoms with Crippen LogP contribution in [0.3, 0.4) is 0 Å². The van der Waals surface area contributed by atoms with Crippen molar-refractivity contribution >= 4 is 17.7 Å². The minimum absolute atomic E-state index is 0.0851. The standard InChI is InChI=1S/C22H25NO5/c24-20(18-10-5-2-6-11-18)14-13-19(22(26)27)23-15-7-12-21(25)28-16-17-8-3-1-4-9-17/h1-6,8-11,19,23H,7,12-16H2,(H,26,27). The minimum Gasteiger partial charge on any atom is -0.480 e. The lowest BCUT2D eigenvalue weighted by molar-refractivity contribution is -0.145. The Bertz CT molecular complexity index is 761. The van der Waals surface area contributed by atoms with Gasteiger partial charge >= 0.3 is 11.9 Å². The molecule has 0 spiro atoms. The molecule has 0 saturated carbocycles. The van der Waals surface area contributed by atoms with E-state index in [1.54, 1.807) is 24.3 Å². The molecule has 1 unspecified atom stereocenters. The van der Waals surface area contributed by atoms with Gasteiger partial charge in [0.2, 0.25) is 0 Å². The third-order valence-electron chi connectivity index (χ3n) is 4.24. The quantitative estimate of drug-likeness (QED) is 0.332. The van der Waals surface area contributed by atoms with E-state index >= 15 is 0 Å². The molecular formula is C22H25NO5. The first-order valence-corrected chi connectivity index (χ1v) is 9.30. The van der Waals surface area contributed by atoms with Crippen LogP contribution in [0.2, 0.25) is 0 Å². The van der Waals surface area contributed by atoms with Gasteiger partial charge in [-0.15, -0.1) is 0 Å². The molecule has 148 valence electrons. The van der Waals surface area contributed by atoms with E-state index in [1.165, 1.54) is 0 Å². The second-order valence-corrected chi connectivity index (χ2v) is 6.42. The van der Waals surface area contributed by atoms with Gasteiger partial charge in [0.1, 0.15) is 12.6 Å². The second kappa shape index (κ2) is 11.7. The molecule has 0 aliphatic rings. The average Bonchev–Trinajstić information content (AvgIpc) is 2.72. The number of hydrogen-bond acceptors (Lipinski definition) is 5. The number of carboxylic acid groups (broad SMARTS) is 1. The average molecular weight is 383 g/mol. The van der Waals surface area contributed by atoms with E-state index in [2.05, 4.69) is 5.32 Å². The van der Waals surface area contributed by atoms with E-state index in [4.69, 9.17) is 4.74 Å². The summed E-state index contributed by atoms with van der Waals surface area (Å²) >= 11 is 0. The zero-order valence-corrected chi connectivity index (χ0v) is 15.7. The number of carbonyl (C=O) groups is 3. The molecule has 6 heteroatoms. The molecule has 0 bridgehead atoms. The van der Waals surface area contributed by atoms with Gasteiger partial charge in [-0.25, -0.2) is 0 Å². The zero-order chi connectivity index (χ0) is 20.2.